The molecule has 0 heterocycles. The normalized spacial score (nSPS) is 18.7. The maximum absolute atomic E-state index is 13.2. The highest BCUT2D eigenvalue weighted by atomic mass is 127. The third kappa shape index (κ3) is 5.55. The molecule has 4 nitrogen and oxygen atoms in total. The second kappa shape index (κ2) is 9.88. The highest BCUT2D eigenvalue weighted by molar-refractivity contribution is 14.0. The van der Waals surface area contributed by atoms with Crippen molar-refractivity contribution in [1.82, 2.24) is 10.2 Å². The summed E-state index contributed by atoms with van der Waals surface area (Å²) in [5, 5.41) is 3.51. The predicted octanol–water partition coefficient (Wildman–Crippen LogP) is 3.80. The molecule has 0 bridgehead atoms. The van der Waals surface area contributed by atoms with Crippen molar-refractivity contribution in [3.63, 3.8) is 0 Å². The summed E-state index contributed by atoms with van der Waals surface area (Å²) in [6.07, 6.45) is 6.14. The molecule has 0 atom stereocenters. The number of likely N-dealkylation sites (N-methyl/N-ethyl adjacent to an activating group) is 1. The van der Waals surface area contributed by atoms with Gasteiger partial charge in [-0.1, -0.05) is 18.6 Å². The molecule has 6 heteroatoms. The molecule has 0 saturated heterocycles. The number of hydrogen-bond donors (Lipinski definition) is 1. The Kier molecular flexibility index (Phi) is 8.13. The molecule has 3 rings (SSSR count). The van der Waals surface area contributed by atoms with E-state index in [0.29, 0.717) is 0 Å². The number of aliphatic imine (C=N–C) groups is 1. The van der Waals surface area contributed by atoms with Gasteiger partial charge >= 0.3 is 0 Å². The SMILES string of the molecule is CN=C(NCC1(c2ccc(F)cc2)CCC1)N(C)CCOCC1CC1.I. The first kappa shape index (κ1) is 21.4. The lowest BCUT2D eigenvalue weighted by Gasteiger charge is -2.43. The van der Waals surface area contributed by atoms with Crippen molar-refractivity contribution in [3.05, 3.63) is 35.6 Å². The van der Waals surface area contributed by atoms with Gasteiger partial charge in [0.1, 0.15) is 5.82 Å². The number of guanidine groups is 1. The van der Waals surface area contributed by atoms with Crippen LogP contribution in [0.2, 0.25) is 0 Å². The maximum atomic E-state index is 13.2. The Labute approximate surface area is 173 Å². The fourth-order valence-corrected chi connectivity index (χ4v) is 3.45. The average Bonchev–Trinajstić information content (AvgIpc) is 3.39. The van der Waals surface area contributed by atoms with Crippen molar-refractivity contribution >= 4 is 29.9 Å². The molecule has 2 aliphatic carbocycles. The number of rotatable bonds is 8. The second-order valence-electron chi connectivity index (χ2n) is 7.48. The number of ether oxygens (including phenoxy) is 1. The van der Waals surface area contributed by atoms with Gasteiger partial charge in [-0.2, -0.15) is 0 Å². The van der Waals surface area contributed by atoms with Gasteiger partial charge in [0.15, 0.2) is 5.96 Å². The van der Waals surface area contributed by atoms with Crippen LogP contribution in [0.1, 0.15) is 37.7 Å². The minimum absolute atomic E-state index is 0. The number of benzene rings is 1. The van der Waals surface area contributed by atoms with Crippen LogP contribution >= 0.6 is 24.0 Å². The summed E-state index contributed by atoms with van der Waals surface area (Å²) < 4.78 is 18.9. The molecule has 1 N–H and O–H groups in total. The minimum atomic E-state index is -0.173. The second-order valence-corrected chi connectivity index (χ2v) is 7.48. The molecule has 0 aliphatic heterocycles. The van der Waals surface area contributed by atoms with E-state index in [-0.39, 0.29) is 35.2 Å². The lowest BCUT2D eigenvalue weighted by molar-refractivity contribution is 0.115. The molecule has 0 aromatic heterocycles. The van der Waals surface area contributed by atoms with Crippen molar-refractivity contribution in [2.75, 3.05) is 40.4 Å². The molecule has 1 aromatic carbocycles. The van der Waals surface area contributed by atoms with Crippen LogP contribution in [0.3, 0.4) is 0 Å². The van der Waals surface area contributed by atoms with Crippen molar-refractivity contribution in [2.45, 2.75) is 37.5 Å². The zero-order chi connectivity index (χ0) is 17.7. The van der Waals surface area contributed by atoms with Gasteiger partial charge in [-0.3, -0.25) is 4.99 Å². The minimum Gasteiger partial charge on any atom is -0.379 e. The molecule has 2 fully saturated rings. The Bertz CT molecular complexity index is 585. The van der Waals surface area contributed by atoms with Crippen LogP contribution in [0.5, 0.6) is 0 Å². The number of hydrogen-bond acceptors (Lipinski definition) is 2. The first-order chi connectivity index (χ1) is 12.1. The molecule has 146 valence electrons. The van der Waals surface area contributed by atoms with E-state index >= 15 is 0 Å². The summed E-state index contributed by atoms with van der Waals surface area (Å²) >= 11 is 0. The largest absolute Gasteiger partial charge is 0.379 e. The Balaban J connectivity index is 0.00000243. The molecule has 0 amide bonds. The highest BCUT2D eigenvalue weighted by Crippen LogP contribution is 2.43. The molecular formula is C20H31FIN3O. The van der Waals surface area contributed by atoms with E-state index < -0.39 is 0 Å². The van der Waals surface area contributed by atoms with Crippen LogP contribution < -0.4 is 5.32 Å². The topological polar surface area (TPSA) is 36.9 Å². The third-order valence-electron chi connectivity index (χ3n) is 5.55. The molecule has 0 spiro atoms. The summed E-state index contributed by atoms with van der Waals surface area (Å²) in [6, 6.07) is 6.98. The number of nitrogens with one attached hydrogen (secondary N) is 1. The van der Waals surface area contributed by atoms with E-state index in [0.717, 1.165) is 51.0 Å². The van der Waals surface area contributed by atoms with Gasteiger partial charge in [-0.15, -0.1) is 24.0 Å². The van der Waals surface area contributed by atoms with E-state index in [1.165, 1.54) is 24.8 Å². The first-order valence-corrected chi connectivity index (χ1v) is 9.38. The zero-order valence-electron chi connectivity index (χ0n) is 15.8. The number of nitrogens with zero attached hydrogens (tertiary/aromatic N) is 2. The van der Waals surface area contributed by atoms with Gasteiger partial charge in [0.2, 0.25) is 0 Å². The van der Waals surface area contributed by atoms with Crippen LogP contribution in [0, 0.1) is 11.7 Å². The van der Waals surface area contributed by atoms with Crippen LogP contribution in [0.4, 0.5) is 4.39 Å². The lowest BCUT2D eigenvalue weighted by Crippen LogP contribution is -2.49. The van der Waals surface area contributed by atoms with Crippen molar-refractivity contribution in [2.24, 2.45) is 10.9 Å². The van der Waals surface area contributed by atoms with Crippen molar-refractivity contribution in [1.29, 1.82) is 0 Å². The van der Waals surface area contributed by atoms with Gasteiger partial charge in [0.25, 0.3) is 0 Å². The Hall–Kier alpha value is -0.890. The Morgan fingerprint density at radius 2 is 2.00 bits per heavy atom. The van der Waals surface area contributed by atoms with Crippen LogP contribution in [0.15, 0.2) is 29.3 Å². The summed E-state index contributed by atoms with van der Waals surface area (Å²) in [7, 11) is 3.86. The fraction of sp³-hybridized carbons (Fsp3) is 0.650. The summed E-state index contributed by atoms with van der Waals surface area (Å²) in [4.78, 5) is 6.51. The summed E-state index contributed by atoms with van der Waals surface area (Å²) in [6.45, 7) is 3.29. The Morgan fingerprint density at radius 1 is 1.31 bits per heavy atom. The molecule has 0 unspecified atom stereocenters. The smallest absolute Gasteiger partial charge is 0.193 e. The molecule has 2 aliphatic rings. The van der Waals surface area contributed by atoms with Gasteiger partial charge in [0, 0.05) is 39.2 Å². The molecule has 2 saturated carbocycles. The van der Waals surface area contributed by atoms with Crippen molar-refractivity contribution < 1.29 is 9.13 Å². The van der Waals surface area contributed by atoms with Gasteiger partial charge in [-0.25, -0.2) is 4.39 Å². The van der Waals surface area contributed by atoms with E-state index in [1.807, 2.05) is 26.2 Å². The average molecular weight is 475 g/mol. The maximum Gasteiger partial charge on any atom is 0.193 e. The first-order valence-electron chi connectivity index (χ1n) is 9.38. The summed E-state index contributed by atoms with van der Waals surface area (Å²) in [5.74, 6) is 1.52. The van der Waals surface area contributed by atoms with Crippen LogP contribution in [-0.4, -0.2) is 51.3 Å². The quantitative estimate of drug-likeness (QED) is 0.269. The van der Waals surface area contributed by atoms with Crippen LogP contribution in [0.25, 0.3) is 0 Å². The Morgan fingerprint density at radius 3 is 2.54 bits per heavy atom. The van der Waals surface area contributed by atoms with Crippen molar-refractivity contribution in [3.8, 4) is 0 Å². The van der Waals surface area contributed by atoms with E-state index in [2.05, 4.69) is 15.2 Å². The molecule has 0 radical (unpaired) electrons. The van der Waals surface area contributed by atoms with Gasteiger partial charge in [0.05, 0.1) is 6.61 Å². The monoisotopic (exact) mass is 475 g/mol. The van der Waals surface area contributed by atoms with Gasteiger partial charge in [-0.05, 0) is 49.3 Å². The zero-order valence-corrected chi connectivity index (χ0v) is 18.2. The molecule has 1 aromatic rings. The van der Waals surface area contributed by atoms with Crippen LogP contribution in [-0.2, 0) is 10.2 Å². The highest BCUT2D eigenvalue weighted by Gasteiger charge is 2.38. The van der Waals surface area contributed by atoms with Gasteiger partial charge < -0.3 is 15.0 Å². The molecular weight excluding hydrogens is 444 g/mol. The summed E-state index contributed by atoms with van der Waals surface area (Å²) in [5.41, 5.74) is 1.32. The van der Waals surface area contributed by atoms with E-state index in [4.69, 9.17) is 4.74 Å². The molecule has 26 heavy (non-hydrogen) atoms. The number of halogens is 2. The lowest BCUT2D eigenvalue weighted by atomic mass is 9.64. The standard InChI is InChI=1S/C20H30FN3O.HI/c1-22-19(24(2)12-13-25-14-16-4-5-16)23-15-20(10-3-11-20)17-6-8-18(21)9-7-17;/h6-9,16H,3-5,10-15H2,1-2H3,(H,22,23);1H. The predicted molar refractivity (Wildman–Crippen MR) is 115 cm³/mol. The fourth-order valence-electron chi connectivity index (χ4n) is 3.45. The third-order valence-corrected chi connectivity index (χ3v) is 5.55. The van der Waals surface area contributed by atoms with E-state index in [1.54, 1.807) is 12.1 Å². The van der Waals surface area contributed by atoms with E-state index in [9.17, 15) is 4.39 Å².